The van der Waals surface area contributed by atoms with Crippen LogP contribution in [0, 0.1) is 0 Å². The molecule has 0 saturated carbocycles. The summed E-state index contributed by atoms with van der Waals surface area (Å²) in [4.78, 5) is 35.6. The number of hydrogen-bond donors (Lipinski definition) is 3. The third-order valence-electron chi connectivity index (χ3n) is 3.77. The Labute approximate surface area is 152 Å². The molecule has 0 spiro atoms. The first-order valence-corrected chi connectivity index (χ1v) is 7.98. The van der Waals surface area contributed by atoms with Crippen LogP contribution in [0.5, 0.6) is 11.5 Å². The number of benzene rings is 2. The first-order chi connectivity index (χ1) is 12.9. The van der Waals surface area contributed by atoms with E-state index in [1.54, 1.807) is 18.2 Å². The van der Waals surface area contributed by atoms with Gasteiger partial charge in [0.2, 0.25) is 0 Å². The Bertz CT molecular complexity index is 1100. The first-order valence-electron chi connectivity index (χ1n) is 7.98. The maximum Gasteiger partial charge on any atom is 0.349 e. The maximum atomic E-state index is 12.5. The molecule has 0 aliphatic carbocycles. The van der Waals surface area contributed by atoms with Crippen molar-refractivity contribution in [2.75, 3.05) is 11.9 Å². The summed E-state index contributed by atoms with van der Waals surface area (Å²) in [5, 5.41) is 21.8. The van der Waals surface area contributed by atoms with E-state index in [0.29, 0.717) is 17.7 Å². The zero-order valence-electron chi connectivity index (χ0n) is 14.2. The van der Waals surface area contributed by atoms with Crippen LogP contribution in [-0.2, 0) is 0 Å². The Balaban J connectivity index is 1.98. The van der Waals surface area contributed by atoms with Crippen molar-refractivity contribution >= 4 is 28.5 Å². The van der Waals surface area contributed by atoms with Crippen LogP contribution in [0.25, 0.3) is 11.0 Å². The molecule has 0 unspecified atom stereocenters. The second-order valence-corrected chi connectivity index (χ2v) is 5.54. The quantitative estimate of drug-likeness (QED) is 0.466. The summed E-state index contributed by atoms with van der Waals surface area (Å²) in [6.45, 7) is 2.28. The van der Waals surface area contributed by atoms with Crippen LogP contribution in [0.15, 0.2) is 51.7 Å². The number of phenols is 1. The number of aromatic carboxylic acids is 1. The van der Waals surface area contributed by atoms with E-state index >= 15 is 0 Å². The van der Waals surface area contributed by atoms with Gasteiger partial charge in [0.1, 0.15) is 22.5 Å². The summed E-state index contributed by atoms with van der Waals surface area (Å²) < 4.78 is 10.5. The van der Waals surface area contributed by atoms with Gasteiger partial charge in [-0.2, -0.15) is 0 Å². The Morgan fingerprint density at radius 1 is 1.15 bits per heavy atom. The SMILES string of the molecule is CCOc1ccc2oc(=O)c(C(=O)Nc3cccc(C(=O)O)c3O)cc2c1. The Morgan fingerprint density at radius 3 is 2.63 bits per heavy atom. The molecular formula is C19H15NO7. The number of carboxylic acids is 1. The third-order valence-corrected chi connectivity index (χ3v) is 3.77. The minimum absolute atomic E-state index is 0.137. The minimum Gasteiger partial charge on any atom is -0.505 e. The van der Waals surface area contributed by atoms with Crippen molar-refractivity contribution in [3.8, 4) is 11.5 Å². The minimum atomic E-state index is -1.35. The number of amides is 1. The van der Waals surface area contributed by atoms with Crippen molar-refractivity contribution in [2.45, 2.75) is 6.92 Å². The van der Waals surface area contributed by atoms with Crippen molar-refractivity contribution in [3.63, 3.8) is 0 Å². The molecule has 138 valence electrons. The van der Waals surface area contributed by atoms with E-state index in [4.69, 9.17) is 14.3 Å². The van der Waals surface area contributed by atoms with Gasteiger partial charge in [0.15, 0.2) is 5.75 Å². The average Bonchev–Trinajstić information content (AvgIpc) is 2.63. The van der Waals surface area contributed by atoms with Gasteiger partial charge in [-0.05, 0) is 43.3 Å². The van der Waals surface area contributed by atoms with Crippen LogP contribution in [0.2, 0.25) is 0 Å². The number of anilines is 1. The fourth-order valence-electron chi connectivity index (χ4n) is 2.52. The van der Waals surface area contributed by atoms with Gasteiger partial charge in [-0.1, -0.05) is 6.07 Å². The highest BCUT2D eigenvalue weighted by Gasteiger charge is 2.18. The van der Waals surface area contributed by atoms with Gasteiger partial charge in [-0.3, -0.25) is 4.79 Å². The molecule has 0 bridgehead atoms. The lowest BCUT2D eigenvalue weighted by atomic mass is 10.1. The van der Waals surface area contributed by atoms with Gasteiger partial charge in [-0.15, -0.1) is 0 Å². The molecule has 0 aliphatic heterocycles. The van der Waals surface area contributed by atoms with Gasteiger partial charge < -0.3 is 24.7 Å². The molecule has 0 radical (unpaired) electrons. The smallest absolute Gasteiger partial charge is 0.349 e. The molecule has 0 aliphatic rings. The van der Waals surface area contributed by atoms with E-state index in [2.05, 4.69) is 5.32 Å². The number of ether oxygens (including phenoxy) is 1. The van der Waals surface area contributed by atoms with Crippen molar-refractivity contribution < 1.29 is 29.0 Å². The predicted octanol–water partition coefficient (Wildman–Crippen LogP) is 2.85. The van der Waals surface area contributed by atoms with E-state index < -0.39 is 23.3 Å². The monoisotopic (exact) mass is 369 g/mol. The summed E-state index contributed by atoms with van der Waals surface area (Å²) in [7, 11) is 0. The molecule has 1 heterocycles. The van der Waals surface area contributed by atoms with Gasteiger partial charge in [0.25, 0.3) is 5.91 Å². The van der Waals surface area contributed by atoms with Gasteiger partial charge >= 0.3 is 11.6 Å². The van der Waals surface area contributed by atoms with Gasteiger partial charge in [0.05, 0.1) is 12.3 Å². The summed E-state index contributed by atoms with van der Waals surface area (Å²) >= 11 is 0. The average molecular weight is 369 g/mol. The zero-order chi connectivity index (χ0) is 19.6. The van der Waals surface area contributed by atoms with Gasteiger partial charge in [0, 0.05) is 5.39 Å². The van der Waals surface area contributed by atoms with Crippen molar-refractivity contribution in [3.05, 3.63) is 64.0 Å². The molecule has 8 heteroatoms. The standard InChI is InChI=1S/C19H15NO7/c1-2-26-11-6-7-15-10(8-11)9-13(19(25)27-15)17(22)20-14-5-3-4-12(16(14)21)18(23)24/h3-9,21H,2H2,1H3,(H,20,22)(H,23,24). The number of carbonyl (C=O) groups is 2. The molecule has 2 aromatic carbocycles. The molecule has 27 heavy (non-hydrogen) atoms. The number of carbonyl (C=O) groups excluding carboxylic acids is 1. The Kier molecular flexibility index (Phi) is 4.80. The largest absolute Gasteiger partial charge is 0.505 e. The topological polar surface area (TPSA) is 126 Å². The van der Waals surface area contributed by atoms with Crippen molar-refractivity contribution in [1.82, 2.24) is 0 Å². The van der Waals surface area contributed by atoms with Crippen molar-refractivity contribution in [1.29, 1.82) is 0 Å². The molecule has 0 fully saturated rings. The first kappa shape index (κ1) is 18.0. The Morgan fingerprint density at radius 2 is 1.93 bits per heavy atom. The highest BCUT2D eigenvalue weighted by atomic mass is 16.5. The lowest BCUT2D eigenvalue weighted by Gasteiger charge is -2.09. The van der Waals surface area contributed by atoms with Crippen LogP contribution in [0.3, 0.4) is 0 Å². The second-order valence-electron chi connectivity index (χ2n) is 5.54. The van der Waals surface area contributed by atoms with Crippen LogP contribution in [0.4, 0.5) is 5.69 Å². The number of para-hydroxylation sites is 1. The number of aromatic hydroxyl groups is 1. The normalized spacial score (nSPS) is 10.6. The fraction of sp³-hybridized carbons (Fsp3) is 0.105. The Hall–Kier alpha value is -3.81. The van der Waals surface area contributed by atoms with E-state index in [9.17, 15) is 19.5 Å². The van der Waals surface area contributed by atoms with Crippen molar-refractivity contribution in [2.24, 2.45) is 0 Å². The fourth-order valence-corrected chi connectivity index (χ4v) is 2.52. The number of hydrogen-bond acceptors (Lipinski definition) is 6. The van der Waals surface area contributed by atoms with E-state index in [1.807, 2.05) is 6.92 Å². The predicted molar refractivity (Wildman–Crippen MR) is 96.7 cm³/mol. The van der Waals surface area contributed by atoms with Gasteiger partial charge in [-0.25, -0.2) is 9.59 Å². The number of carboxylic acid groups (broad SMARTS) is 1. The number of rotatable bonds is 5. The molecule has 0 saturated heterocycles. The lowest BCUT2D eigenvalue weighted by Crippen LogP contribution is -2.21. The maximum absolute atomic E-state index is 12.5. The van der Waals surface area contributed by atoms with E-state index in [1.165, 1.54) is 24.3 Å². The summed E-state index contributed by atoms with van der Waals surface area (Å²) in [6, 6.07) is 10.0. The van der Waals surface area contributed by atoms with Crippen LogP contribution < -0.4 is 15.7 Å². The van der Waals surface area contributed by atoms with E-state index in [-0.39, 0.29) is 22.4 Å². The zero-order valence-corrected chi connectivity index (χ0v) is 14.2. The summed E-state index contributed by atoms with van der Waals surface area (Å²) in [5.41, 5.74) is -1.38. The summed E-state index contributed by atoms with van der Waals surface area (Å²) in [6.07, 6.45) is 0. The molecule has 3 aromatic rings. The lowest BCUT2D eigenvalue weighted by molar-refractivity contribution is 0.0693. The summed E-state index contributed by atoms with van der Waals surface area (Å²) in [5.74, 6) is -2.25. The molecule has 1 amide bonds. The second kappa shape index (κ2) is 7.20. The highest BCUT2D eigenvalue weighted by Crippen LogP contribution is 2.28. The third kappa shape index (κ3) is 3.59. The van der Waals surface area contributed by atoms with Crippen LogP contribution in [-0.4, -0.2) is 28.7 Å². The molecule has 0 atom stereocenters. The highest BCUT2D eigenvalue weighted by molar-refractivity contribution is 6.07. The molecule has 1 aromatic heterocycles. The molecule has 3 rings (SSSR count). The van der Waals surface area contributed by atoms with Crippen LogP contribution >= 0.6 is 0 Å². The molecule has 8 nitrogen and oxygen atoms in total. The van der Waals surface area contributed by atoms with E-state index in [0.717, 1.165) is 0 Å². The number of fused-ring (bicyclic) bond motifs is 1. The molecular weight excluding hydrogens is 354 g/mol. The van der Waals surface area contributed by atoms with Crippen LogP contribution in [0.1, 0.15) is 27.6 Å². The number of nitrogens with one attached hydrogen (secondary N) is 1. The molecule has 3 N–H and O–H groups in total.